The lowest BCUT2D eigenvalue weighted by Crippen LogP contribution is -2.34. The Balaban J connectivity index is 2.05. The minimum atomic E-state index is -0.464. The molecule has 102 valence electrons. The zero-order valence-corrected chi connectivity index (χ0v) is 11.1. The number of carbonyl (C=O) groups is 1. The van der Waals surface area contributed by atoms with Gasteiger partial charge in [-0.25, -0.2) is 0 Å². The first-order chi connectivity index (χ1) is 9.69. The quantitative estimate of drug-likeness (QED) is 0.873. The predicted molar refractivity (Wildman–Crippen MR) is 76.3 cm³/mol. The Morgan fingerprint density at radius 3 is 3.05 bits per heavy atom. The highest BCUT2D eigenvalue weighted by molar-refractivity contribution is 5.98. The summed E-state index contributed by atoms with van der Waals surface area (Å²) < 4.78 is 5.54. The van der Waals surface area contributed by atoms with Crippen LogP contribution in [0.1, 0.15) is 12.5 Å². The first-order valence-corrected chi connectivity index (χ1v) is 6.44. The summed E-state index contributed by atoms with van der Waals surface area (Å²) in [7, 11) is 0. The number of amides is 1. The summed E-state index contributed by atoms with van der Waals surface area (Å²) in [5.41, 5.74) is 9.37. The largest absolute Gasteiger partial charge is 0.479 e. The summed E-state index contributed by atoms with van der Waals surface area (Å²) in [6.45, 7) is 2.14. The van der Waals surface area contributed by atoms with Gasteiger partial charge in [-0.1, -0.05) is 6.07 Å². The third kappa shape index (κ3) is 2.12. The van der Waals surface area contributed by atoms with Crippen LogP contribution in [-0.2, 0) is 11.3 Å². The Kier molecular flexibility index (Phi) is 3.12. The van der Waals surface area contributed by atoms with Gasteiger partial charge in [0.15, 0.2) is 6.10 Å². The van der Waals surface area contributed by atoms with E-state index in [-0.39, 0.29) is 5.91 Å². The van der Waals surface area contributed by atoms with Gasteiger partial charge in [0.1, 0.15) is 5.75 Å². The highest BCUT2D eigenvalue weighted by Crippen LogP contribution is 2.34. The lowest BCUT2D eigenvalue weighted by molar-refractivity contribution is -0.122. The molecule has 0 fully saturated rings. The Bertz CT molecular complexity index is 670. The molecule has 1 amide bonds. The van der Waals surface area contributed by atoms with Crippen LogP contribution in [0.5, 0.6) is 5.75 Å². The van der Waals surface area contributed by atoms with E-state index >= 15 is 0 Å². The van der Waals surface area contributed by atoms with Gasteiger partial charge in [-0.3, -0.25) is 9.78 Å². The van der Waals surface area contributed by atoms with Crippen molar-refractivity contribution >= 4 is 11.6 Å². The van der Waals surface area contributed by atoms with Crippen LogP contribution in [0.4, 0.5) is 5.69 Å². The molecule has 0 saturated heterocycles. The van der Waals surface area contributed by atoms with Crippen molar-refractivity contribution in [1.82, 2.24) is 4.98 Å². The molecule has 2 aromatic rings. The minimum Gasteiger partial charge on any atom is -0.479 e. The van der Waals surface area contributed by atoms with Gasteiger partial charge in [0.05, 0.1) is 5.69 Å². The highest BCUT2D eigenvalue weighted by Gasteiger charge is 2.23. The fraction of sp³-hybridized carbons (Fsp3) is 0.200. The maximum atomic E-state index is 11.7. The molecule has 1 aliphatic heterocycles. The highest BCUT2D eigenvalue weighted by atomic mass is 16.5. The van der Waals surface area contributed by atoms with Crippen LogP contribution in [0.2, 0.25) is 0 Å². The number of nitrogens with one attached hydrogen (secondary N) is 1. The van der Waals surface area contributed by atoms with Crippen molar-refractivity contribution in [3.8, 4) is 16.9 Å². The smallest absolute Gasteiger partial charge is 0.265 e. The zero-order valence-electron chi connectivity index (χ0n) is 11.1. The van der Waals surface area contributed by atoms with Crippen molar-refractivity contribution in [2.45, 2.75) is 19.6 Å². The molecule has 5 nitrogen and oxygen atoms in total. The Morgan fingerprint density at radius 2 is 2.25 bits per heavy atom. The topological polar surface area (TPSA) is 77.2 Å². The zero-order chi connectivity index (χ0) is 14.1. The van der Waals surface area contributed by atoms with Gasteiger partial charge in [-0.2, -0.15) is 0 Å². The lowest BCUT2D eigenvalue weighted by Gasteiger charge is -2.24. The van der Waals surface area contributed by atoms with Crippen molar-refractivity contribution in [3.05, 3.63) is 42.2 Å². The van der Waals surface area contributed by atoms with E-state index in [1.165, 1.54) is 0 Å². The van der Waals surface area contributed by atoms with Crippen molar-refractivity contribution in [2.24, 2.45) is 5.73 Å². The van der Waals surface area contributed by atoms with E-state index in [0.29, 0.717) is 18.0 Å². The van der Waals surface area contributed by atoms with E-state index in [2.05, 4.69) is 10.3 Å². The molecule has 3 N–H and O–H groups in total. The maximum absolute atomic E-state index is 11.7. The number of rotatable bonds is 2. The van der Waals surface area contributed by atoms with E-state index in [0.717, 1.165) is 16.7 Å². The number of hydrogen-bond acceptors (Lipinski definition) is 4. The van der Waals surface area contributed by atoms with Crippen LogP contribution >= 0.6 is 0 Å². The second-order valence-corrected chi connectivity index (χ2v) is 4.70. The molecule has 2 heterocycles. The molecule has 1 aliphatic rings. The molecule has 3 rings (SSSR count). The summed E-state index contributed by atoms with van der Waals surface area (Å²) in [6, 6.07) is 7.63. The molecule has 5 heteroatoms. The first kappa shape index (κ1) is 12.6. The van der Waals surface area contributed by atoms with Crippen LogP contribution in [0.15, 0.2) is 36.7 Å². The summed E-state index contributed by atoms with van der Waals surface area (Å²) in [4.78, 5) is 15.7. The Labute approximate surface area is 116 Å². The molecule has 1 aromatic heterocycles. The number of fused-ring (bicyclic) bond motifs is 1. The van der Waals surface area contributed by atoms with Gasteiger partial charge in [0.2, 0.25) is 0 Å². The molecular formula is C15H15N3O2. The van der Waals surface area contributed by atoms with E-state index in [4.69, 9.17) is 10.5 Å². The van der Waals surface area contributed by atoms with Crippen molar-refractivity contribution < 1.29 is 9.53 Å². The number of ether oxygens (including phenoxy) is 1. The molecule has 1 atom stereocenters. The van der Waals surface area contributed by atoms with E-state index in [1.54, 1.807) is 19.3 Å². The second-order valence-electron chi connectivity index (χ2n) is 4.70. The number of nitrogens with two attached hydrogens (primary N) is 1. The van der Waals surface area contributed by atoms with Gasteiger partial charge in [0, 0.05) is 18.9 Å². The summed E-state index contributed by atoms with van der Waals surface area (Å²) in [5.74, 6) is 0.549. The number of pyridine rings is 1. The maximum Gasteiger partial charge on any atom is 0.265 e. The van der Waals surface area contributed by atoms with E-state index < -0.39 is 6.10 Å². The van der Waals surface area contributed by atoms with Crippen LogP contribution in [0, 0.1) is 0 Å². The molecule has 0 saturated carbocycles. The van der Waals surface area contributed by atoms with Gasteiger partial charge in [0.25, 0.3) is 5.91 Å². The van der Waals surface area contributed by atoms with Crippen LogP contribution in [-0.4, -0.2) is 17.0 Å². The average Bonchev–Trinajstić information content (AvgIpc) is 2.48. The van der Waals surface area contributed by atoms with Crippen molar-refractivity contribution in [3.63, 3.8) is 0 Å². The van der Waals surface area contributed by atoms with Gasteiger partial charge in [-0.05, 0) is 41.8 Å². The number of benzene rings is 1. The SMILES string of the molecule is CC1Oc2ccc(-c3ccncc3CN)cc2NC1=O. The number of hydrogen-bond donors (Lipinski definition) is 2. The molecular weight excluding hydrogens is 254 g/mol. The lowest BCUT2D eigenvalue weighted by atomic mass is 10.0. The molecule has 0 spiro atoms. The summed E-state index contributed by atoms with van der Waals surface area (Å²) in [6.07, 6.45) is 3.02. The number of nitrogens with zero attached hydrogens (tertiary/aromatic N) is 1. The third-order valence-corrected chi connectivity index (χ3v) is 3.34. The molecule has 0 radical (unpaired) electrons. The van der Waals surface area contributed by atoms with Crippen LogP contribution in [0.25, 0.3) is 11.1 Å². The normalized spacial score (nSPS) is 17.1. The van der Waals surface area contributed by atoms with E-state index in [1.807, 2.05) is 24.3 Å². The van der Waals surface area contributed by atoms with Crippen molar-refractivity contribution in [1.29, 1.82) is 0 Å². The minimum absolute atomic E-state index is 0.136. The second kappa shape index (κ2) is 4.94. The molecule has 20 heavy (non-hydrogen) atoms. The number of anilines is 1. The van der Waals surface area contributed by atoms with Gasteiger partial charge >= 0.3 is 0 Å². The summed E-state index contributed by atoms with van der Waals surface area (Å²) >= 11 is 0. The predicted octanol–water partition coefficient (Wildman–Crippen LogP) is 1.93. The molecule has 1 aromatic carbocycles. The fourth-order valence-electron chi connectivity index (χ4n) is 2.25. The first-order valence-electron chi connectivity index (χ1n) is 6.44. The molecule has 0 aliphatic carbocycles. The number of carbonyl (C=O) groups excluding carboxylic acids is 1. The average molecular weight is 269 g/mol. The summed E-state index contributed by atoms with van der Waals surface area (Å²) in [5, 5.41) is 2.85. The van der Waals surface area contributed by atoms with Crippen LogP contribution < -0.4 is 15.8 Å². The Hall–Kier alpha value is -2.40. The van der Waals surface area contributed by atoms with E-state index in [9.17, 15) is 4.79 Å². The van der Waals surface area contributed by atoms with Crippen LogP contribution in [0.3, 0.4) is 0 Å². The molecule has 1 unspecified atom stereocenters. The number of aromatic nitrogens is 1. The fourth-order valence-corrected chi connectivity index (χ4v) is 2.25. The monoisotopic (exact) mass is 269 g/mol. The molecule has 0 bridgehead atoms. The standard InChI is InChI=1S/C15H15N3O2/c1-9-15(19)18-13-6-10(2-3-14(13)20-9)12-4-5-17-8-11(12)7-16/h2-6,8-9H,7,16H2,1H3,(H,18,19). The third-order valence-electron chi connectivity index (χ3n) is 3.34. The Morgan fingerprint density at radius 1 is 1.40 bits per heavy atom. The van der Waals surface area contributed by atoms with Crippen molar-refractivity contribution in [2.75, 3.05) is 5.32 Å². The van der Waals surface area contributed by atoms with Gasteiger partial charge < -0.3 is 15.8 Å². The van der Waals surface area contributed by atoms with Gasteiger partial charge in [-0.15, -0.1) is 0 Å².